The molecule has 0 saturated heterocycles. The molecule has 0 aromatic rings. The molecule has 0 bridgehead atoms. The number of rotatable bonds is 4. The minimum Gasteiger partial charge on any atom is -0.370 e. The van der Waals surface area contributed by atoms with Gasteiger partial charge in [0.05, 0.1) is 0 Å². The van der Waals surface area contributed by atoms with Gasteiger partial charge < -0.3 is 10.2 Å². The van der Waals surface area contributed by atoms with Gasteiger partial charge in [0.2, 0.25) is 0 Å². The highest BCUT2D eigenvalue weighted by atomic mass is 15.1. The van der Waals surface area contributed by atoms with Crippen LogP contribution in [-0.2, 0) is 0 Å². The van der Waals surface area contributed by atoms with E-state index < -0.39 is 0 Å². The van der Waals surface area contributed by atoms with E-state index in [0.717, 1.165) is 6.54 Å². The highest BCUT2D eigenvalue weighted by Gasteiger charge is 1.96. The van der Waals surface area contributed by atoms with Crippen LogP contribution in [0, 0.1) is 5.41 Å². The molecular weight excluding hydrogens is 152 g/mol. The Kier molecular flexibility index (Phi) is 4.76. The van der Waals surface area contributed by atoms with E-state index in [2.05, 4.69) is 17.0 Å². The van der Waals surface area contributed by atoms with Crippen LogP contribution in [0.2, 0.25) is 0 Å². The first-order valence-corrected chi connectivity index (χ1v) is 3.80. The van der Waals surface area contributed by atoms with Crippen molar-refractivity contribution in [1.29, 1.82) is 5.41 Å². The molecule has 0 atom stereocenters. The molecule has 0 fully saturated rings. The smallest absolute Gasteiger partial charge is 0.128 e. The first-order chi connectivity index (χ1) is 5.61. The SMILES string of the molecule is C=N/C(=C\C(=N)N(C)C)NCC. The number of aliphatic imine (C=N–C) groups is 1. The van der Waals surface area contributed by atoms with Crippen LogP contribution in [0.5, 0.6) is 0 Å². The van der Waals surface area contributed by atoms with Crippen LogP contribution in [0.4, 0.5) is 0 Å². The van der Waals surface area contributed by atoms with Crippen LogP contribution in [0.3, 0.4) is 0 Å². The van der Waals surface area contributed by atoms with Gasteiger partial charge in [-0.05, 0) is 13.6 Å². The largest absolute Gasteiger partial charge is 0.370 e. The van der Waals surface area contributed by atoms with Gasteiger partial charge in [-0.2, -0.15) is 0 Å². The van der Waals surface area contributed by atoms with Crippen molar-refractivity contribution < 1.29 is 0 Å². The van der Waals surface area contributed by atoms with Crippen molar-refractivity contribution in [3.8, 4) is 0 Å². The Bertz CT molecular complexity index is 193. The molecule has 0 aromatic carbocycles. The Balaban J connectivity index is 4.27. The summed E-state index contributed by atoms with van der Waals surface area (Å²) in [5.41, 5.74) is 0. The third kappa shape index (κ3) is 3.75. The number of nitrogens with one attached hydrogen (secondary N) is 2. The molecule has 0 amide bonds. The maximum Gasteiger partial charge on any atom is 0.128 e. The molecule has 0 aliphatic rings. The van der Waals surface area contributed by atoms with Crippen molar-refractivity contribution in [2.45, 2.75) is 6.92 Å². The van der Waals surface area contributed by atoms with Gasteiger partial charge in [-0.1, -0.05) is 0 Å². The Morgan fingerprint density at radius 2 is 2.25 bits per heavy atom. The van der Waals surface area contributed by atoms with Gasteiger partial charge in [0, 0.05) is 26.7 Å². The molecule has 68 valence electrons. The molecular formula is C8H16N4. The Morgan fingerprint density at radius 1 is 1.67 bits per heavy atom. The monoisotopic (exact) mass is 168 g/mol. The highest BCUT2D eigenvalue weighted by molar-refractivity contribution is 5.90. The molecule has 0 spiro atoms. The fraction of sp³-hybridized carbons (Fsp3) is 0.500. The van der Waals surface area contributed by atoms with Crippen molar-refractivity contribution in [3.05, 3.63) is 11.9 Å². The molecule has 0 saturated carbocycles. The Hall–Kier alpha value is -1.32. The number of hydrogen-bond donors (Lipinski definition) is 2. The lowest BCUT2D eigenvalue weighted by Gasteiger charge is -2.10. The molecule has 0 rings (SSSR count). The van der Waals surface area contributed by atoms with Crippen LogP contribution in [0.25, 0.3) is 0 Å². The summed E-state index contributed by atoms with van der Waals surface area (Å²) < 4.78 is 0. The number of likely N-dealkylation sites (N-methyl/N-ethyl adjacent to an activating group) is 1. The van der Waals surface area contributed by atoms with Crippen LogP contribution < -0.4 is 5.32 Å². The summed E-state index contributed by atoms with van der Waals surface area (Å²) in [4.78, 5) is 5.43. The number of amidine groups is 1. The molecule has 2 N–H and O–H groups in total. The van der Waals surface area contributed by atoms with Gasteiger partial charge in [0.15, 0.2) is 0 Å². The van der Waals surface area contributed by atoms with Gasteiger partial charge in [0.1, 0.15) is 11.7 Å². The average molecular weight is 168 g/mol. The fourth-order valence-electron chi connectivity index (χ4n) is 0.592. The predicted octanol–water partition coefficient (Wildman–Crippen LogP) is 0.677. The molecule has 0 aliphatic heterocycles. The quantitative estimate of drug-likeness (QED) is 0.479. The minimum atomic E-state index is 0.401. The van der Waals surface area contributed by atoms with Gasteiger partial charge in [0.25, 0.3) is 0 Å². The zero-order valence-electron chi connectivity index (χ0n) is 7.89. The summed E-state index contributed by atoms with van der Waals surface area (Å²) in [6.45, 7) is 6.15. The van der Waals surface area contributed by atoms with E-state index >= 15 is 0 Å². The zero-order chi connectivity index (χ0) is 9.56. The van der Waals surface area contributed by atoms with Crippen molar-refractivity contribution in [3.63, 3.8) is 0 Å². The maximum atomic E-state index is 7.48. The lowest BCUT2D eigenvalue weighted by Crippen LogP contribution is -2.21. The van der Waals surface area contributed by atoms with E-state index in [1.165, 1.54) is 0 Å². The van der Waals surface area contributed by atoms with Crippen molar-refractivity contribution >= 4 is 12.6 Å². The van der Waals surface area contributed by atoms with Crippen LogP contribution >= 0.6 is 0 Å². The molecule has 4 heteroatoms. The fourth-order valence-corrected chi connectivity index (χ4v) is 0.592. The summed E-state index contributed by atoms with van der Waals surface area (Å²) in [6.07, 6.45) is 1.64. The summed E-state index contributed by atoms with van der Waals surface area (Å²) in [5, 5.41) is 10.5. The van der Waals surface area contributed by atoms with E-state index in [0.29, 0.717) is 11.7 Å². The molecule has 0 radical (unpaired) electrons. The minimum absolute atomic E-state index is 0.401. The van der Waals surface area contributed by atoms with Gasteiger partial charge in [-0.15, -0.1) is 0 Å². The molecule has 4 nitrogen and oxygen atoms in total. The van der Waals surface area contributed by atoms with E-state index in [9.17, 15) is 0 Å². The molecule has 0 heterocycles. The molecule has 0 unspecified atom stereocenters. The second kappa shape index (κ2) is 5.35. The van der Waals surface area contributed by atoms with Gasteiger partial charge in [-0.3, -0.25) is 5.41 Å². The standard InChI is InChI=1S/C8H16N4/c1-5-11-8(10-2)6-7(9)12(3)4/h6,9,11H,2,5H2,1,3-4H3/b8-6+,9-7?. The summed E-state index contributed by atoms with van der Waals surface area (Å²) in [5.74, 6) is 1.04. The van der Waals surface area contributed by atoms with Gasteiger partial charge >= 0.3 is 0 Å². The Morgan fingerprint density at radius 3 is 2.58 bits per heavy atom. The second-order valence-electron chi connectivity index (χ2n) is 2.50. The zero-order valence-corrected chi connectivity index (χ0v) is 7.89. The summed E-state index contributed by atoms with van der Waals surface area (Å²) >= 11 is 0. The third-order valence-corrected chi connectivity index (χ3v) is 1.28. The summed E-state index contributed by atoms with van der Waals surface area (Å²) in [6, 6.07) is 0. The van der Waals surface area contributed by atoms with Crippen molar-refractivity contribution in [2.75, 3.05) is 20.6 Å². The van der Waals surface area contributed by atoms with E-state index in [4.69, 9.17) is 5.41 Å². The van der Waals surface area contributed by atoms with Crippen molar-refractivity contribution in [1.82, 2.24) is 10.2 Å². The van der Waals surface area contributed by atoms with E-state index in [-0.39, 0.29) is 0 Å². The number of hydrogen-bond acceptors (Lipinski definition) is 3. The lowest BCUT2D eigenvalue weighted by atomic mass is 10.4. The first-order valence-electron chi connectivity index (χ1n) is 3.80. The normalized spacial score (nSPS) is 10.8. The van der Waals surface area contributed by atoms with E-state index in [1.807, 2.05) is 21.0 Å². The van der Waals surface area contributed by atoms with Crippen LogP contribution in [0.15, 0.2) is 16.9 Å². The first kappa shape index (κ1) is 10.7. The molecule has 12 heavy (non-hydrogen) atoms. The molecule has 0 aromatic heterocycles. The van der Waals surface area contributed by atoms with Crippen LogP contribution in [0.1, 0.15) is 6.92 Å². The highest BCUT2D eigenvalue weighted by Crippen LogP contribution is 1.91. The van der Waals surface area contributed by atoms with Gasteiger partial charge in [-0.25, -0.2) is 4.99 Å². The predicted molar refractivity (Wildman–Crippen MR) is 52.7 cm³/mol. The third-order valence-electron chi connectivity index (χ3n) is 1.28. The topological polar surface area (TPSA) is 51.5 Å². The Labute approximate surface area is 73.5 Å². The van der Waals surface area contributed by atoms with Crippen molar-refractivity contribution in [2.24, 2.45) is 4.99 Å². The maximum absolute atomic E-state index is 7.48. The lowest BCUT2D eigenvalue weighted by molar-refractivity contribution is 0.620. The number of nitrogens with zero attached hydrogens (tertiary/aromatic N) is 2. The van der Waals surface area contributed by atoms with E-state index in [1.54, 1.807) is 11.0 Å². The summed E-state index contributed by atoms with van der Waals surface area (Å²) in [7, 11) is 3.62. The van der Waals surface area contributed by atoms with Crippen LogP contribution in [-0.4, -0.2) is 38.1 Å². The molecule has 0 aliphatic carbocycles. The average Bonchev–Trinajstić information content (AvgIpc) is 2.03. The second-order valence-corrected chi connectivity index (χ2v) is 2.50.